The monoisotopic (exact) mass is 413 g/mol. The van der Waals surface area contributed by atoms with E-state index < -0.39 is 17.6 Å². The fraction of sp³-hybridized carbons (Fsp3) is 0.238. The quantitative estimate of drug-likeness (QED) is 0.451. The van der Waals surface area contributed by atoms with Crippen LogP contribution >= 0.6 is 0 Å². The molecule has 8 nitrogen and oxygen atoms in total. The Labute approximate surface area is 171 Å². The highest BCUT2D eigenvalue weighted by atomic mass is 19.1. The molecule has 3 rings (SSSR count). The van der Waals surface area contributed by atoms with E-state index in [2.05, 4.69) is 15.3 Å². The fourth-order valence-corrected chi connectivity index (χ4v) is 2.91. The van der Waals surface area contributed by atoms with Crippen LogP contribution in [-0.4, -0.2) is 54.3 Å². The van der Waals surface area contributed by atoms with Crippen molar-refractivity contribution in [2.24, 2.45) is 0 Å². The van der Waals surface area contributed by atoms with E-state index in [1.54, 1.807) is 18.2 Å². The number of hydrogen-bond acceptors (Lipinski definition) is 7. The summed E-state index contributed by atoms with van der Waals surface area (Å²) in [4.78, 5) is 33.0. The first-order valence-electron chi connectivity index (χ1n) is 9.06. The summed E-state index contributed by atoms with van der Waals surface area (Å²) in [5.41, 5.74) is 1.11. The number of fused-ring (bicyclic) bond motifs is 1. The number of amides is 1. The number of benzene rings is 1. The molecule has 9 heteroatoms. The van der Waals surface area contributed by atoms with Gasteiger partial charge in [0.1, 0.15) is 11.3 Å². The summed E-state index contributed by atoms with van der Waals surface area (Å²) in [5.74, 6) is -2.23. The number of carbonyl (C=O) groups is 2. The van der Waals surface area contributed by atoms with E-state index in [4.69, 9.17) is 9.47 Å². The molecule has 0 bridgehead atoms. The summed E-state index contributed by atoms with van der Waals surface area (Å²) in [6, 6.07) is 7.63. The van der Waals surface area contributed by atoms with Crippen LogP contribution in [0, 0.1) is 5.82 Å². The number of carbonyl (C=O) groups excluding carboxylic acids is 2. The van der Waals surface area contributed by atoms with Crippen LogP contribution in [0.1, 0.15) is 32.1 Å². The van der Waals surface area contributed by atoms with Gasteiger partial charge in [-0.3, -0.25) is 9.78 Å². The molecule has 1 amide bonds. The van der Waals surface area contributed by atoms with Gasteiger partial charge in [0.05, 0.1) is 13.7 Å². The van der Waals surface area contributed by atoms with Gasteiger partial charge >= 0.3 is 5.97 Å². The second-order valence-corrected chi connectivity index (χ2v) is 6.44. The third-order valence-corrected chi connectivity index (χ3v) is 4.38. The lowest BCUT2D eigenvalue weighted by Crippen LogP contribution is -2.28. The van der Waals surface area contributed by atoms with E-state index in [9.17, 15) is 19.1 Å². The highest BCUT2D eigenvalue weighted by molar-refractivity contribution is 6.08. The maximum absolute atomic E-state index is 13.1. The van der Waals surface area contributed by atoms with Crippen molar-refractivity contribution in [2.45, 2.75) is 6.42 Å². The van der Waals surface area contributed by atoms with Crippen molar-refractivity contribution in [2.75, 3.05) is 27.4 Å². The molecule has 0 atom stereocenters. The molecular weight excluding hydrogens is 393 g/mol. The van der Waals surface area contributed by atoms with Crippen molar-refractivity contribution < 1.29 is 28.6 Å². The number of esters is 1. The second kappa shape index (κ2) is 9.27. The van der Waals surface area contributed by atoms with Crippen molar-refractivity contribution in [1.29, 1.82) is 0 Å². The second-order valence-electron chi connectivity index (χ2n) is 6.44. The lowest BCUT2D eigenvalue weighted by atomic mass is 10.0. The summed E-state index contributed by atoms with van der Waals surface area (Å²) >= 11 is 0. The van der Waals surface area contributed by atoms with Crippen LogP contribution in [0.4, 0.5) is 4.39 Å². The predicted molar refractivity (Wildman–Crippen MR) is 106 cm³/mol. The molecule has 30 heavy (non-hydrogen) atoms. The van der Waals surface area contributed by atoms with Crippen molar-refractivity contribution in [3.8, 4) is 5.75 Å². The van der Waals surface area contributed by atoms with Crippen molar-refractivity contribution >= 4 is 22.8 Å². The van der Waals surface area contributed by atoms with E-state index in [1.165, 1.54) is 32.5 Å². The zero-order valence-corrected chi connectivity index (χ0v) is 16.4. The van der Waals surface area contributed by atoms with Crippen LogP contribution in [0.15, 0.2) is 36.5 Å². The number of halogens is 1. The first-order valence-corrected chi connectivity index (χ1v) is 9.06. The lowest BCUT2D eigenvalue weighted by molar-refractivity contribution is 0.0596. The molecule has 0 unspecified atom stereocenters. The first kappa shape index (κ1) is 21.1. The third kappa shape index (κ3) is 4.52. The molecule has 0 fully saturated rings. The molecule has 156 valence electrons. The van der Waals surface area contributed by atoms with E-state index in [0.29, 0.717) is 12.0 Å². The molecule has 0 radical (unpaired) electrons. The summed E-state index contributed by atoms with van der Waals surface area (Å²) in [6.07, 6.45) is 1.93. The van der Waals surface area contributed by atoms with Gasteiger partial charge in [0.25, 0.3) is 5.91 Å². The van der Waals surface area contributed by atoms with Gasteiger partial charge in [0.15, 0.2) is 17.1 Å². The molecule has 0 aliphatic carbocycles. The highest BCUT2D eigenvalue weighted by Crippen LogP contribution is 2.29. The standard InChI is InChI=1S/C21H20FN3O5/c1-29-8-7-23-20(27)18-19(26)16-15(17(25-18)21(28)30-2)10-13(11-24-16)9-12-3-5-14(22)6-4-12/h3-6,10-11,26H,7-9H2,1-2H3,(H,23,27). The summed E-state index contributed by atoms with van der Waals surface area (Å²) in [5, 5.41) is 13.3. The van der Waals surface area contributed by atoms with Crippen LogP contribution < -0.4 is 5.32 Å². The molecule has 2 heterocycles. The van der Waals surface area contributed by atoms with Crippen molar-refractivity contribution in [3.05, 3.63) is 64.9 Å². The molecule has 0 spiro atoms. The Bertz CT molecular complexity index is 1090. The van der Waals surface area contributed by atoms with Crippen LogP contribution in [0.25, 0.3) is 10.9 Å². The SMILES string of the molecule is COCCNC(=O)c1nc(C(=O)OC)c2cc(Cc3ccc(F)cc3)cnc2c1O. The molecule has 0 aliphatic heterocycles. The number of ether oxygens (including phenoxy) is 2. The predicted octanol–water partition coefficient (Wildman–Crippen LogP) is 2.23. The molecule has 2 N–H and O–H groups in total. The van der Waals surface area contributed by atoms with E-state index >= 15 is 0 Å². The van der Waals surface area contributed by atoms with E-state index in [0.717, 1.165) is 5.56 Å². The number of aromatic nitrogens is 2. The Balaban J connectivity index is 2.04. The molecule has 2 aromatic heterocycles. The summed E-state index contributed by atoms with van der Waals surface area (Å²) in [7, 11) is 2.68. The topological polar surface area (TPSA) is 111 Å². The van der Waals surface area contributed by atoms with Gasteiger partial charge in [0.2, 0.25) is 0 Å². The first-order chi connectivity index (χ1) is 14.4. The Morgan fingerprint density at radius 2 is 1.87 bits per heavy atom. The van der Waals surface area contributed by atoms with Crippen LogP contribution in [0.2, 0.25) is 0 Å². The Morgan fingerprint density at radius 1 is 1.13 bits per heavy atom. The van der Waals surface area contributed by atoms with Crippen LogP contribution in [-0.2, 0) is 15.9 Å². The average Bonchev–Trinajstić information content (AvgIpc) is 2.75. The minimum absolute atomic E-state index is 0.0464. The average molecular weight is 413 g/mol. The molecule has 1 aromatic carbocycles. The molecule has 0 saturated carbocycles. The van der Waals surface area contributed by atoms with Gasteiger partial charge in [-0.2, -0.15) is 0 Å². The Hall–Kier alpha value is -3.59. The molecule has 0 aliphatic rings. The normalized spacial score (nSPS) is 10.8. The van der Waals surface area contributed by atoms with Crippen molar-refractivity contribution in [1.82, 2.24) is 15.3 Å². The van der Waals surface area contributed by atoms with Gasteiger partial charge in [-0.1, -0.05) is 12.1 Å². The van der Waals surface area contributed by atoms with Gasteiger partial charge in [-0.15, -0.1) is 0 Å². The minimum atomic E-state index is -0.772. The maximum atomic E-state index is 13.1. The molecule has 0 saturated heterocycles. The highest BCUT2D eigenvalue weighted by Gasteiger charge is 2.24. The van der Waals surface area contributed by atoms with Gasteiger partial charge < -0.3 is 19.9 Å². The Kier molecular flexibility index (Phi) is 6.53. The number of nitrogens with one attached hydrogen (secondary N) is 1. The largest absolute Gasteiger partial charge is 0.504 e. The Morgan fingerprint density at radius 3 is 2.53 bits per heavy atom. The van der Waals surface area contributed by atoms with Gasteiger partial charge in [-0.05, 0) is 35.7 Å². The number of pyridine rings is 2. The minimum Gasteiger partial charge on any atom is -0.504 e. The number of hydrogen-bond donors (Lipinski definition) is 2. The van der Waals surface area contributed by atoms with Gasteiger partial charge in [-0.25, -0.2) is 14.2 Å². The molecular formula is C21H20FN3O5. The number of nitrogens with zero attached hydrogens (tertiary/aromatic N) is 2. The fourth-order valence-electron chi connectivity index (χ4n) is 2.91. The van der Waals surface area contributed by atoms with Crippen LogP contribution in [0.5, 0.6) is 5.75 Å². The number of aromatic hydroxyl groups is 1. The molecule has 3 aromatic rings. The maximum Gasteiger partial charge on any atom is 0.357 e. The van der Waals surface area contributed by atoms with E-state index in [-0.39, 0.29) is 41.3 Å². The van der Waals surface area contributed by atoms with Crippen molar-refractivity contribution in [3.63, 3.8) is 0 Å². The third-order valence-electron chi connectivity index (χ3n) is 4.38. The summed E-state index contributed by atoms with van der Waals surface area (Å²) < 4.78 is 22.8. The smallest absolute Gasteiger partial charge is 0.357 e. The van der Waals surface area contributed by atoms with E-state index in [1.807, 2.05) is 0 Å². The zero-order chi connectivity index (χ0) is 21.7. The van der Waals surface area contributed by atoms with Crippen LogP contribution in [0.3, 0.4) is 0 Å². The number of methoxy groups -OCH3 is 2. The summed E-state index contributed by atoms with van der Waals surface area (Å²) in [6.45, 7) is 0.473. The number of rotatable bonds is 7. The zero-order valence-electron chi connectivity index (χ0n) is 16.4. The van der Waals surface area contributed by atoms with Gasteiger partial charge in [0, 0.05) is 25.2 Å². The lowest BCUT2D eigenvalue weighted by Gasteiger charge is -2.12.